The summed E-state index contributed by atoms with van der Waals surface area (Å²) in [5.74, 6) is 0. The van der Waals surface area contributed by atoms with Gasteiger partial charge in [0.05, 0.1) is 6.10 Å². The normalized spacial score (nSPS) is 19.7. The third kappa shape index (κ3) is 2.68. The Kier molecular flexibility index (Phi) is 3.31. The van der Waals surface area contributed by atoms with E-state index in [0.29, 0.717) is 6.54 Å². The number of likely N-dealkylation sites (N-methyl/N-ethyl adjacent to an activating group) is 1. The number of nitrogens with zero attached hydrogens (tertiary/aromatic N) is 1. The zero-order valence-corrected chi connectivity index (χ0v) is 7.49. The van der Waals surface area contributed by atoms with Gasteiger partial charge in [0.25, 0.3) is 0 Å². The summed E-state index contributed by atoms with van der Waals surface area (Å²) in [5.41, 5.74) is 0. The van der Waals surface area contributed by atoms with Crippen LogP contribution in [0.3, 0.4) is 0 Å². The summed E-state index contributed by atoms with van der Waals surface area (Å²) in [4.78, 5) is 1.95. The minimum atomic E-state index is -0.429. The first-order valence-corrected chi connectivity index (χ1v) is 3.99. The average Bonchev–Trinajstić information content (AvgIpc) is 2.05. The fraction of sp³-hybridized carbons (Fsp3) is 0.444. The molecule has 0 saturated heterocycles. The molecule has 67 valence electrons. The van der Waals surface area contributed by atoms with Crippen molar-refractivity contribution in [3.05, 3.63) is 30.5 Å². The van der Waals surface area contributed by atoms with Crippen molar-refractivity contribution in [1.82, 2.24) is 10.2 Å². The molecule has 1 rings (SSSR count). The van der Waals surface area contributed by atoms with Gasteiger partial charge in [-0.25, -0.2) is 0 Å². The van der Waals surface area contributed by atoms with Crippen LogP contribution in [-0.2, 0) is 0 Å². The van der Waals surface area contributed by atoms with E-state index in [2.05, 4.69) is 5.32 Å². The number of aliphatic hydroxyl groups is 1. The standard InChI is InChI=1S/C9H15N2O/c1-11(2)7-9(12)8-5-3-4-6-10-8/h3-6,9-10,12H,7H2,1-2H3. The maximum atomic E-state index is 9.62. The molecule has 0 amide bonds. The van der Waals surface area contributed by atoms with Crippen LogP contribution in [0.25, 0.3) is 0 Å². The molecular formula is C9H15N2O. The molecule has 0 fully saturated rings. The van der Waals surface area contributed by atoms with Crippen molar-refractivity contribution in [3.63, 3.8) is 0 Å². The van der Waals surface area contributed by atoms with E-state index in [1.54, 1.807) is 0 Å². The second kappa shape index (κ2) is 4.28. The number of aliphatic hydroxyl groups excluding tert-OH is 1. The van der Waals surface area contributed by atoms with Gasteiger partial charge in [0.1, 0.15) is 6.04 Å². The quantitative estimate of drug-likeness (QED) is 0.626. The number of allylic oxidation sites excluding steroid dienone is 2. The molecule has 0 bridgehead atoms. The lowest BCUT2D eigenvalue weighted by Gasteiger charge is -2.23. The first-order valence-electron chi connectivity index (χ1n) is 3.99. The molecular weight excluding hydrogens is 152 g/mol. The topological polar surface area (TPSA) is 35.5 Å². The molecule has 3 nitrogen and oxygen atoms in total. The molecule has 3 heteroatoms. The van der Waals surface area contributed by atoms with Crippen molar-refractivity contribution in [2.24, 2.45) is 0 Å². The van der Waals surface area contributed by atoms with Gasteiger partial charge >= 0.3 is 0 Å². The third-order valence-corrected chi connectivity index (χ3v) is 1.63. The van der Waals surface area contributed by atoms with Gasteiger partial charge in [-0.05, 0) is 26.4 Å². The fourth-order valence-corrected chi connectivity index (χ4v) is 1.06. The molecule has 1 aliphatic rings. The number of hydrogen-bond donors (Lipinski definition) is 2. The summed E-state index contributed by atoms with van der Waals surface area (Å²) < 4.78 is 0. The van der Waals surface area contributed by atoms with E-state index < -0.39 is 6.10 Å². The third-order valence-electron chi connectivity index (χ3n) is 1.63. The van der Waals surface area contributed by atoms with E-state index in [1.807, 2.05) is 43.4 Å². The largest absolute Gasteiger partial charge is 0.389 e. The highest BCUT2D eigenvalue weighted by atomic mass is 16.3. The summed E-state index contributed by atoms with van der Waals surface area (Å²) in [5, 5.41) is 12.6. The zero-order chi connectivity index (χ0) is 8.97. The summed E-state index contributed by atoms with van der Waals surface area (Å²) >= 11 is 0. The van der Waals surface area contributed by atoms with E-state index >= 15 is 0 Å². The van der Waals surface area contributed by atoms with Gasteiger partial charge in [-0.1, -0.05) is 12.2 Å². The maximum absolute atomic E-state index is 9.62. The predicted molar refractivity (Wildman–Crippen MR) is 49.2 cm³/mol. The molecule has 1 unspecified atom stereocenters. The minimum Gasteiger partial charge on any atom is -0.389 e. The average molecular weight is 167 g/mol. The van der Waals surface area contributed by atoms with Crippen LogP contribution in [0.2, 0.25) is 0 Å². The molecule has 1 radical (unpaired) electrons. The maximum Gasteiger partial charge on any atom is 0.112 e. The molecule has 0 saturated carbocycles. The first-order chi connectivity index (χ1) is 5.70. The molecule has 12 heavy (non-hydrogen) atoms. The van der Waals surface area contributed by atoms with Crippen LogP contribution in [0.5, 0.6) is 0 Å². The van der Waals surface area contributed by atoms with Crippen LogP contribution in [0.15, 0.2) is 24.4 Å². The van der Waals surface area contributed by atoms with Crippen molar-refractivity contribution in [3.8, 4) is 0 Å². The van der Waals surface area contributed by atoms with Crippen LogP contribution in [0, 0.1) is 6.04 Å². The smallest absolute Gasteiger partial charge is 0.112 e. The molecule has 1 atom stereocenters. The van der Waals surface area contributed by atoms with E-state index in [4.69, 9.17) is 0 Å². The van der Waals surface area contributed by atoms with Gasteiger partial charge in [-0.2, -0.15) is 0 Å². The van der Waals surface area contributed by atoms with Crippen molar-refractivity contribution < 1.29 is 5.11 Å². The Hall–Kier alpha value is -0.800. The Balaban J connectivity index is 2.37. The Labute approximate surface area is 73.4 Å². The molecule has 0 aromatic carbocycles. The van der Waals surface area contributed by atoms with E-state index in [0.717, 1.165) is 6.04 Å². The number of dihydropyridines is 1. The molecule has 2 N–H and O–H groups in total. The van der Waals surface area contributed by atoms with Crippen molar-refractivity contribution >= 4 is 0 Å². The second-order valence-corrected chi connectivity index (χ2v) is 3.10. The van der Waals surface area contributed by atoms with Crippen molar-refractivity contribution in [2.75, 3.05) is 20.6 Å². The number of nitrogens with one attached hydrogen (secondary N) is 1. The summed E-state index contributed by atoms with van der Waals surface area (Å²) in [6.07, 6.45) is 7.07. The highest BCUT2D eigenvalue weighted by Crippen LogP contribution is 2.08. The molecule has 1 heterocycles. The Morgan fingerprint density at radius 3 is 2.75 bits per heavy atom. The highest BCUT2D eigenvalue weighted by Gasteiger charge is 2.17. The SMILES string of the molecule is CN(C)CC(O)[C]1C=CC=CN1. The lowest BCUT2D eigenvalue weighted by molar-refractivity contribution is 0.147. The van der Waals surface area contributed by atoms with E-state index in [1.165, 1.54) is 0 Å². The lowest BCUT2D eigenvalue weighted by atomic mass is 10.1. The molecule has 0 aromatic rings. The van der Waals surface area contributed by atoms with Crippen LogP contribution >= 0.6 is 0 Å². The predicted octanol–water partition coefficient (Wildman–Crippen LogP) is 0.114. The Bertz CT molecular complexity index is 187. The van der Waals surface area contributed by atoms with Gasteiger partial charge in [0, 0.05) is 6.54 Å². The van der Waals surface area contributed by atoms with Gasteiger partial charge in [0.15, 0.2) is 0 Å². The lowest BCUT2D eigenvalue weighted by Crippen LogP contribution is -2.36. The monoisotopic (exact) mass is 167 g/mol. The summed E-state index contributed by atoms with van der Waals surface area (Å²) in [6.45, 7) is 0.639. The zero-order valence-electron chi connectivity index (χ0n) is 7.49. The van der Waals surface area contributed by atoms with Gasteiger partial charge < -0.3 is 15.3 Å². The number of rotatable bonds is 3. The van der Waals surface area contributed by atoms with E-state index in [9.17, 15) is 5.11 Å². The second-order valence-electron chi connectivity index (χ2n) is 3.10. The van der Waals surface area contributed by atoms with Gasteiger partial charge in [0.2, 0.25) is 0 Å². The van der Waals surface area contributed by atoms with Crippen molar-refractivity contribution in [2.45, 2.75) is 6.10 Å². The molecule has 0 aromatic heterocycles. The Morgan fingerprint density at radius 2 is 2.25 bits per heavy atom. The molecule has 0 aliphatic carbocycles. The van der Waals surface area contributed by atoms with Crippen LogP contribution in [0.1, 0.15) is 0 Å². The fourth-order valence-electron chi connectivity index (χ4n) is 1.06. The molecule has 1 aliphatic heterocycles. The summed E-state index contributed by atoms with van der Waals surface area (Å²) in [7, 11) is 3.87. The number of hydrogen-bond acceptors (Lipinski definition) is 3. The van der Waals surface area contributed by atoms with Gasteiger partial charge in [-0.3, -0.25) is 0 Å². The van der Waals surface area contributed by atoms with Crippen LogP contribution < -0.4 is 5.32 Å². The Morgan fingerprint density at radius 1 is 1.50 bits per heavy atom. The van der Waals surface area contributed by atoms with Crippen LogP contribution in [-0.4, -0.2) is 36.8 Å². The van der Waals surface area contributed by atoms with Gasteiger partial charge in [-0.15, -0.1) is 0 Å². The van der Waals surface area contributed by atoms with E-state index in [-0.39, 0.29) is 0 Å². The minimum absolute atomic E-state index is 0.429. The van der Waals surface area contributed by atoms with Crippen molar-refractivity contribution in [1.29, 1.82) is 0 Å². The summed E-state index contributed by atoms with van der Waals surface area (Å²) in [6, 6.07) is 0.853. The highest BCUT2D eigenvalue weighted by molar-refractivity contribution is 5.23. The first kappa shape index (κ1) is 9.29. The van der Waals surface area contributed by atoms with Crippen LogP contribution in [0.4, 0.5) is 0 Å². The molecule has 0 spiro atoms.